The Morgan fingerprint density at radius 3 is 2.43 bits per heavy atom. The number of nitrogens with zero attached hydrogens (tertiary/aromatic N) is 2. The lowest BCUT2D eigenvalue weighted by Gasteiger charge is -2.43. The van der Waals surface area contributed by atoms with Crippen LogP contribution in [0.25, 0.3) is 11.1 Å². The molecule has 30 heavy (non-hydrogen) atoms. The van der Waals surface area contributed by atoms with E-state index in [0.717, 1.165) is 29.1 Å². The van der Waals surface area contributed by atoms with Crippen LogP contribution in [0.1, 0.15) is 41.9 Å². The van der Waals surface area contributed by atoms with Crippen molar-refractivity contribution in [1.82, 2.24) is 14.3 Å². The topological polar surface area (TPSA) is 107 Å². The number of pyridine rings is 1. The van der Waals surface area contributed by atoms with Gasteiger partial charge >= 0.3 is 6.18 Å². The van der Waals surface area contributed by atoms with Crippen LogP contribution in [0, 0.1) is 0 Å². The van der Waals surface area contributed by atoms with Crippen LogP contribution >= 0.6 is 0 Å². The molecule has 0 bridgehead atoms. The number of nitrogens with two attached hydrogens (primary N) is 1. The number of hydrogen-bond acceptors (Lipinski definition) is 4. The highest BCUT2D eigenvalue weighted by Crippen LogP contribution is 2.46. The minimum atomic E-state index is -4.83. The number of carbonyl (C=O) groups is 1. The molecule has 1 aliphatic carbocycles. The SMILES string of the molecule is Cn1cc(S(=O)(=O)NC2(C(F)(F)F)CCC2)c(-c2ccnc(C(F)F)c2)c1C(N)=O. The molecular weight excluding hydrogens is 435 g/mol. The number of aromatic nitrogens is 2. The molecule has 3 N–H and O–H groups in total. The van der Waals surface area contributed by atoms with Gasteiger partial charge in [0.25, 0.3) is 12.3 Å². The number of sulfonamides is 1. The Morgan fingerprint density at radius 1 is 1.33 bits per heavy atom. The van der Waals surface area contributed by atoms with Crippen molar-refractivity contribution in [3.8, 4) is 11.1 Å². The van der Waals surface area contributed by atoms with Gasteiger partial charge in [0, 0.05) is 25.0 Å². The van der Waals surface area contributed by atoms with Crippen molar-refractivity contribution in [2.24, 2.45) is 12.8 Å². The molecule has 1 amide bonds. The van der Waals surface area contributed by atoms with Crippen molar-refractivity contribution in [3.63, 3.8) is 0 Å². The Morgan fingerprint density at radius 2 is 1.97 bits per heavy atom. The van der Waals surface area contributed by atoms with Gasteiger partial charge in [0.1, 0.15) is 21.8 Å². The monoisotopic (exact) mass is 452 g/mol. The largest absolute Gasteiger partial charge is 0.407 e. The van der Waals surface area contributed by atoms with Crippen molar-refractivity contribution < 1.29 is 35.2 Å². The Balaban J connectivity index is 2.20. The van der Waals surface area contributed by atoms with Gasteiger partial charge in [-0.25, -0.2) is 17.2 Å². The van der Waals surface area contributed by atoms with Crippen molar-refractivity contribution >= 4 is 15.9 Å². The third kappa shape index (κ3) is 3.67. The van der Waals surface area contributed by atoms with Crippen molar-refractivity contribution in [1.29, 1.82) is 0 Å². The van der Waals surface area contributed by atoms with Crippen LogP contribution in [0.15, 0.2) is 29.4 Å². The number of primary amides is 1. The van der Waals surface area contributed by atoms with Crippen molar-refractivity contribution in [3.05, 3.63) is 35.9 Å². The fourth-order valence-electron chi connectivity index (χ4n) is 3.39. The first kappa shape index (κ1) is 22.2. The second-order valence-corrected chi connectivity index (χ2v) is 8.65. The maximum atomic E-state index is 13.5. The lowest BCUT2D eigenvalue weighted by molar-refractivity contribution is -0.212. The standard InChI is InChI=1S/C17H17F5N4O3S/c1-26-8-11(30(28,29)25-16(4-2-5-16)17(20,21)22)12(13(26)15(23)27)9-3-6-24-10(7-9)14(18)19/h3,6-8,14,25H,2,4-5H2,1H3,(H2,23,27). The molecule has 2 aromatic rings. The maximum absolute atomic E-state index is 13.5. The summed E-state index contributed by atoms with van der Waals surface area (Å²) in [6.07, 6.45) is -6.63. The van der Waals surface area contributed by atoms with Gasteiger partial charge in [0.15, 0.2) is 0 Å². The molecule has 2 aromatic heterocycles. The number of nitrogens with one attached hydrogen (secondary N) is 1. The molecule has 3 rings (SSSR count). The normalized spacial score (nSPS) is 16.5. The lowest BCUT2D eigenvalue weighted by atomic mass is 9.77. The zero-order valence-electron chi connectivity index (χ0n) is 15.5. The smallest absolute Gasteiger partial charge is 0.364 e. The second-order valence-electron chi connectivity index (χ2n) is 7.00. The van der Waals surface area contributed by atoms with E-state index in [1.807, 2.05) is 0 Å². The molecule has 13 heteroatoms. The highest BCUT2D eigenvalue weighted by molar-refractivity contribution is 7.89. The van der Waals surface area contributed by atoms with E-state index in [9.17, 15) is 35.2 Å². The highest BCUT2D eigenvalue weighted by atomic mass is 32.2. The molecule has 1 saturated carbocycles. The third-order valence-corrected chi connectivity index (χ3v) is 6.59. The molecule has 0 atom stereocenters. The quantitative estimate of drug-likeness (QED) is 0.658. The number of carbonyl (C=O) groups excluding carboxylic acids is 1. The van der Waals surface area contributed by atoms with E-state index >= 15 is 0 Å². The summed E-state index contributed by atoms with van der Waals surface area (Å²) >= 11 is 0. The lowest BCUT2D eigenvalue weighted by Crippen LogP contribution is -2.62. The summed E-state index contributed by atoms with van der Waals surface area (Å²) in [6.45, 7) is 0. The zero-order chi connectivity index (χ0) is 22.5. The summed E-state index contributed by atoms with van der Waals surface area (Å²) in [5.74, 6) is -1.08. The Kier molecular flexibility index (Phi) is 5.39. The van der Waals surface area contributed by atoms with E-state index in [0.29, 0.717) is 0 Å². The van der Waals surface area contributed by atoms with E-state index in [-0.39, 0.29) is 23.2 Å². The van der Waals surface area contributed by atoms with Gasteiger partial charge in [0.2, 0.25) is 10.0 Å². The third-order valence-electron chi connectivity index (χ3n) is 5.04. The molecule has 1 aliphatic rings. The van der Waals surface area contributed by atoms with Crippen LogP contribution in [0.5, 0.6) is 0 Å². The van der Waals surface area contributed by atoms with Gasteiger partial charge in [-0.15, -0.1) is 0 Å². The van der Waals surface area contributed by atoms with Gasteiger partial charge in [-0.2, -0.15) is 17.9 Å². The summed E-state index contributed by atoms with van der Waals surface area (Å²) in [5, 5.41) is 0. The van der Waals surface area contributed by atoms with Gasteiger partial charge in [0.05, 0.1) is 0 Å². The zero-order valence-corrected chi connectivity index (χ0v) is 16.3. The van der Waals surface area contributed by atoms with Crippen LogP contribution in [0.2, 0.25) is 0 Å². The van der Waals surface area contributed by atoms with E-state index in [1.54, 1.807) is 4.72 Å². The Hall–Kier alpha value is -2.54. The molecule has 0 radical (unpaired) electrons. The number of amides is 1. The maximum Gasteiger partial charge on any atom is 0.407 e. The molecular formula is C17H17F5N4O3S. The molecule has 0 aliphatic heterocycles. The first-order valence-corrected chi connectivity index (χ1v) is 10.1. The fraction of sp³-hybridized carbons (Fsp3) is 0.412. The van der Waals surface area contributed by atoms with Gasteiger partial charge in [-0.1, -0.05) is 0 Å². The van der Waals surface area contributed by atoms with Crippen molar-refractivity contribution in [2.75, 3.05) is 0 Å². The number of rotatable bonds is 6. The van der Waals surface area contributed by atoms with Crippen molar-refractivity contribution in [2.45, 2.75) is 42.3 Å². The minimum absolute atomic E-state index is 0.148. The van der Waals surface area contributed by atoms with Gasteiger partial charge in [-0.3, -0.25) is 9.78 Å². The van der Waals surface area contributed by atoms with Crippen LogP contribution < -0.4 is 10.5 Å². The molecule has 7 nitrogen and oxygen atoms in total. The average Bonchev–Trinajstić information content (AvgIpc) is 2.95. The van der Waals surface area contributed by atoms with E-state index < -0.39 is 57.5 Å². The van der Waals surface area contributed by atoms with Gasteiger partial charge < -0.3 is 10.3 Å². The van der Waals surface area contributed by atoms with Gasteiger partial charge in [-0.05, 0) is 37.0 Å². The summed E-state index contributed by atoms with van der Waals surface area (Å²) in [6, 6.07) is 2.02. The fourth-order valence-corrected chi connectivity index (χ4v) is 5.11. The number of aryl methyl sites for hydroxylation is 1. The average molecular weight is 452 g/mol. The first-order chi connectivity index (χ1) is 13.8. The number of halogens is 5. The molecule has 0 aromatic carbocycles. The number of alkyl halides is 5. The van der Waals surface area contributed by atoms with Crippen LogP contribution in [0.4, 0.5) is 22.0 Å². The molecule has 2 heterocycles. The highest BCUT2D eigenvalue weighted by Gasteiger charge is 2.60. The van der Waals surface area contributed by atoms with E-state index in [1.165, 1.54) is 7.05 Å². The minimum Gasteiger partial charge on any atom is -0.364 e. The summed E-state index contributed by atoms with van der Waals surface area (Å²) < 4.78 is 95.2. The summed E-state index contributed by atoms with van der Waals surface area (Å²) in [5.41, 5.74) is 1.11. The molecule has 0 spiro atoms. The van der Waals surface area contributed by atoms with E-state index in [4.69, 9.17) is 5.73 Å². The summed E-state index contributed by atoms with van der Waals surface area (Å²) in [7, 11) is -3.55. The van der Waals surface area contributed by atoms with Crippen LogP contribution in [-0.2, 0) is 17.1 Å². The van der Waals surface area contributed by atoms with E-state index in [2.05, 4.69) is 4.98 Å². The first-order valence-electron chi connectivity index (χ1n) is 8.63. The Labute approximate surface area is 168 Å². The predicted octanol–water partition coefficient (Wildman–Crippen LogP) is 2.89. The van der Waals surface area contributed by atoms with Crippen LogP contribution in [0.3, 0.4) is 0 Å². The Bertz CT molecular complexity index is 1090. The van der Waals surface area contributed by atoms with Crippen LogP contribution in [-0.4, -0.2) is 35.6 Å². The molecule has 0 unspecified atom stereocenters. The molecule has 164 valence electrons. The molecule has 1 fully saturated rings. The second kappa shape index (κ2) is 7.30. The number of hydrogen-bond donors (Lipinski definition) is 2. The summed E-state index contributed by atoms with van der Waals surface area (Å²) in [4.78, 5) is 14.7. The predicted molar refractivity (Wildman–Crippen MR) is 95.1 cm³/mol. The molecule has 0 saturated heterocycles.